The van der Waals surface area contributed by atoms with E-state index in [4.69, 9.17) is 14.6 Å². The molecule has 1 N–H and O–H groups in total. The second kappa shape index (κ2) is 9.49. The first kappa shape index (κ1) is 16.6. The van der Waals surface area contributed by atoms with Crippen LogP contribution in [0.4, 0.5) is 4.39 Å². The lowest BCUT2D eigenvalue weighted by molar-refractivity contribution is 0.0314. The molecule has 20 heavy (non-hydrogen) atoms. The van der Waals surface area contributed by atoms with E-state index in [1.165, 1.54) is 12.1 Å². The van der Waals surface area contributed by atoms with Gasteiger partial charge in [-0.05, 0) is 29.7 Å². The number of benzene rings is 1. The number of halogens is 1. The third-order valence-corrected chi connectivity index (χ3v) is 2.36. The van der Waals surface area contributed by atoms with E-state index in [0.717, 1.165) is 5.56 Å². The summed E-state index contributed by atoms with van der Waals surface area (Å²) in [7, 11) is 0. The summed E-state index contributed by atoms with van der Waals surface area (Å²) in [6.07, 6.45) is 0. The van der Waals surface area contributed by atoms with Gasteiger partial charge in [0.1, 0.15) is 12.4 Å². The molecule has 3 nitrogen and oxygen atoms in total. The summed E-state index contributed by atoms with van der Waals surface area (Å²) in [6.45, 7) is 5.97. The summed E-state index contributed by atoms with van der Waals surface area (Å²) in [5.41, 5.74) is 1.25. The van der Waals surface area contributed by atoms with Crippen LogP contribution in [0.15, 0.2) is 18.2 Å². The van der Waals surface area contributed by atoms with Gasteiger partial charge in [0.15, 0.2) is 0 Å². The molecule has 0 aliphatic heterocycles. The lowest BCUT2D eigenvalue weighted by atomic mass is 10.1. The van der Waals surface area contributed by atoms with Crippen LogP contribution in [-0.2, 0) is 16.1 Å². The monoisotopic (exact) mass is 280 g/mol. The van der Waals surface area contributed by atoms with Crippen LogP contribution in [0.2, 0.25) is 0 Å². The third kappa shape index (κ3) is 7.25. The minimum absolute atomic E-state index is 0.241. The Morgan fingerprint density at radius 3 is 2.65 bits per heavy atom. The first-order chi connectivity index (χ1) is 9.61. The highest BCUT2D eigenvalue weighted by molar-refractivity contribution is 5.37. The average Bonchev–Trinajstić information content (AvgIpc) is 2.39. The molecule has 0 spiro atoms. The highest BCUT2D eigenvalue weighted by Crippen LogP contribution is 2.09. The van der Waals surface area contributed by atoms with Gasteiger partial charge in [-0.1, -0.05) is 25.7 Å². The van der Waals surface area contributed by atoms with Gasteiger partial charge in [0.05, 0.1) is 19.8 Å². The van der Waals surface area contributed by atoms with Gasteiger partial charge in [0.25, 0.3) is 0 Å². The van der Waals surface area contributed by atoms with E-state index in [1.807, 2.05) is 0 Å². The highest BCUT2D eigenvalue weighted by atomic mass is 19.1. The topological polar surface area (TPSA) is 38.7 Å². The molecule has 0 atom stereocenters. The van der Waals surface area contributed by atoms with Gasteiger partial charge in [-0.25, -0.2) is 4.39 Å². The Balaban J connectivity index is 2.38. The van der Waals surface area contributed by atoms with Crippen LogP contribution < -0.4 is 0 Å². The summed E-state index contributed by atoms with van der Waals surface area (Å²) in [5, 5.41) is 8.62. The molecule has 0 heterocycles. The van der Waals surface area contributed by atoms with Crippen LogP contribution >= 0.6 is 0 Å². The molecule has 0 unspecified atom stereocenters. The summed E-state index contributed by atoms with van der Waals surface area (Å²) in [4.78, 5) is 0. The maximum absolute atomic E-state index is 13.4. The Bertz CT molecular complexity index is 461. The van der Waals surface area contributed by atoms with Crippen molar-refractivity contribution in [2.75, 3.05) is 26.4 Å². The second-order valence-electron chi connectivity index (χ2n) is 4.83. The number of hydrogen-bond acceptors (Lipinski definition) is 3. The van der Waals surface area contributed by atoms with Crippen molar-refractivity contribution in [1.82, 2.24) is 0 Å². The van der Waals surface area contributed by atoms with E-state index in [2.05, 4.69) is 25.7 Å². The minimum atomic E-state index is -0.357. The van der Waals surface area contributed by atoms with Crippen molar-refractivity contribution < 1.29 is 19.0 Å². The van der Waals surface area contributed by atoms with Crippen LogP contribution in [0.3, 0.4) is 0 Å². The molecule has 0 aliphatic carbocycles. The van der Waals surface area contributed by atoms with E-state index in [0.29, 0.717) is 37.9 Å². The Labute approximate surface area is 119 Å². The van der Waals surface area contributed by atoms with Crippen molar-refractivity contribution in [3.8, 4) is 11.8 Å². The van der Waals surface area contributed by atoms with Gasteiger partial charge in [0, 0.05) is 12.2 Å². The molecule has 0 amide bonds. The predicted octanol–water partition coefficient (Wildman–Crippen LogP) is 2.36. The molecule has 0 aromatic heterocycles. The van der Waals surface area contributed by atoms with E-state index < -0.39 is 0 Å². The molecule has 1 aromatic carbocycles. The summed E-state index contributed by atoms with van der Waals surface area (Å²) < 4.78 is 24.2. The Kier molecular flexibility index (Phi) is 7.89. The summed E-state index contributed by atoms with van der Waals surface area (Å²) in [5.74, 6) is 5.32. The summed E-state index contributed by atoms with van der Waals surface area (Å²) >= 11 is 0. The number of aliphatic hydroxyl groups is 1. The van der Waals surface area contributed by atoms with Gasteiger partial charge in [-0.15, -0.1) is 0 Å². The molecule has 0 fully saturated rings. The molecule has 0 aliphatic rings. The number of ether oxygens (including phenoxy) is 2. The normalized spacial score (nSPS) is 10.4. The molecule has 1 aromatic rings. The zero-order valence-electron chi connectivity index (χ0n) is 12.0. The van der Waals surface area contributed by atoms with Crippen molar-refractivity contribution in [2.24, 2.45) is 5.92 Å². The fourth-order valence-corrected chi connectivity index (χ4v) is 1.57. The largest absolute Gasteiger partial charge is 0.384 e. The van der Waals surface area contributed by atoms with E-state index in [9.17, 15) is 4.39 Å². The van der Waals surface area contributed by atoms with Crippen molar-refractivity contribution in [3.05, 3.63) is 35.1 Å². The smallest absolute Gasteiger partial charge is 0.124 e. The van der Waals surface area contributed by atoms with Gasteiger partial charge in [-0.2, -0.15) is 0 Å². The van der Waals surface area contributed by atoms with Crippen molar-refractivity contribution in [1.29, 1.82) is 0 Å². The molecule has 1 rings (SSSR count). The molecule has 110 valence electrons. The maximum atomic E-state index is 13.4. The summed E-state index contributed by atoms with van der Waals surface area (Å²) in [6, 6.07) is 4.50. The maximum Gasteiger partial charge on any atom is 0.124 e. The van der Waals surface area contributed by atoms with E-state index >= 15 is 0 Å². The first-order valence-electron chi connectivity index (χ1n) is 6.66. The SMILES string of the molecule is CC(C)COCCOCc1cc(F)cc(C#CCO)c1. The molecular weight excluding hydrogens is 259 g/mol. The van der Waals surface area contributed by atoms with Crippen molar-refractivity contribution >= 4 is 0 Å². The Hall–Kier alpha value is -1.41. The number of hydrogen-bond donors (Lipinski definition) is 1. The zero-order valence-corrected chi connectivity index (χ0v) is 12.0. The molecular formula is C16H21FO3. The van der Waals surface area contributed by atoms with E-state index in [1.54, 1.807) is 6.07 Å². The average molecular weight is 280 g/mol. The third-order valence-electron chi connectivity index (χ3n) is 2.36. The Morgan fingerprint density at radius 2 is 1.95 bits per heavy atom. The van der Waals surface area contributed by atoms with Crippen LogP contribution in [0.1, 0.15) is 25.0 Å². The first-order valence-corrected chi connectivity index (χ1v) is 6.66. The van der Waals surface area contributed by atoms with E-state index in [-0.39, 0.29) is 12.4 Å². The fourth-order valence-electron chi connectivity index (χ4n) is 1.57. The molecule has 0 radical (unpaired) electrons. The van der Waals surface area contributed by atoms with Gasteiger partial charge in [0.2, 0.25) is 0 Å². The number of rotatable bonds is 7. The Morgan fingerprint density at radius 1 is 1.20 bits per heavy atom. The minimum Gasteiger partial charge on any atom is -0.384 e. The van der Waals surface area contributed by atoms with Crippen LogP contribution in [0.25, 0.3) is 0 Å². The highest BCUT2D eigenvalue weighted by Gasteiger charge is 2.00. The standard InChI is InChI=1S/C16H21FO3/c1-13(2)11-19-6-7-20-12-15-8-14(4-3-5-18)9-16(17)10-15/h8-10,13,18H,5-7,11-12H2,1-2H3. The van der Waals surface area contributed by atoms with Gasteiger partial charge < -0.3 is 14.6 Å². The lowest BCUT2D eigenvalue weighted by Gasteiger charge is -2.08. The quantitative estimate of drug-likeness (QED) is 0.615. The fraction of sp³-hybridized carbons (Fsp3) is 0.500. The predicted molar refractivity (Wildman–Crippen MR) is 75.7 cm³/mol. The van der Waals surface area contributed by atoms with Gasteiger partial charge >= 0.3 is 0 Å². The molecule has 0 saturated carbocycles. The van der Waals surface area contributed by atoms with Crippen LogP contribution in [0.5, 0.6) is 0 Å². The van der Waals surface area contributed by atoms with Crippen molar-refractivity contribution in [2.45, 2.75) is 20.5 Å². The molecule has 0 saturated heterocycles. The second-order valence-corrected chi connectivity index (χ2v) is 4.83. The zero-order chi connectivity index (χ0) is 14.8. The van der Waals surface area contributed by atoms with Gasteiger partial charge in [-0.3, -0.25) is 0 Å². The molecule has 0 bridgehead atoms. The van der Waals surface area contributed by atoms with Crippen LogP contribution in [-0.4, -0.2) is 31.5 Å². The molecule has 4 heteroatoms. The van der Waals surface area contributed by atoms with Crippen molar-refractivity contribution in [3.63, 3.8) is 0 Å². The lowest BCUT2D eigenvalue weighted by Crippen LogP contribution is -2.08. The van der Waals surface area contributed by atoms with Crippen LogP contribution in [0, 0.1) is 23.6 Å². The number of aliphatic hydroxyl groups excluding tert-OH is 1.